The molecule has 14 heteroatoms. The molecule has 7 N–H and O–H groups in total. The summed E-state index contributed by atoms with van der Waals surface area (Å²) in [6.45, 7) is 6.35. The summed E-state index contributed by atoms with van der Waals surface area (Å²) in [7, 11) is 3.86. The van der Waals surface area contributed by atoms with Crippen molar-refractivity contribution in [2.24, 2.45) is 0 Å². The van der Waals surface area contributed by atoms with Gasteiger partial charge in [-0.2, -0.15) is 29.9 Å². The largest absolute Gasteiger partial charge is 0.368 e. The van der Waals surface area contributed by atoms with Gasteiger partial charge in [0.1, 0.15) is 0 Å². The van der Waals surface area contributed by atoms with Crippen molar-refractivity contribution >= 4 is 58.4 Å². The number of aryl methyl sites for hydroxylation is 1. The van der Waals surface area contributed by atoms with Crippen LogP contribution >= 0.6 is 22.7 Å². The van der Waals surface area contributed by atoms with E-state index < -0.39 is 0 Å². The summed E-state index contributed by atoms with van der Waals surface area (Å²) in [6, 6.07) is 2.15. The van der Waals surface area contributed by atoms with E-state index in [-0.39, 0.29) is 17.8 Å². The van der Waals surface area contributed by atoms with Crippen molar-refractivity contribution in [1.82, 2.24) is 29.9 Å². The van der Waals surface area contributed by atoms with Crippen molar-refractivity contribution in [3.05, 3.63) is 43.3 Å². The van der Waals surface area contributed by atoms with E-state index in [4.69, 9.17) is 17.2 Å². The summed E-state index contributed by atoms with van der Waals surface area (Å²) in [5.41, 5.74) is 21.2. The number of hydrogen-bond donors (Lipinski definition) is 4. The first-order valence-corrected chi connectivity index (χ1v) is 13.5. The van der Waals surface area contributed by atoms with Crippen LogP contribution in [0, 0.1) is 13.8 Å². The molecular formula is C23H32N12S2. The highest BCUT2D eigenvalue weighted by atomic mass is 32.1. The Bertz CT molecular complexity index is 1330. The van der Waals surface area contributed by atoms with Crippen molar-refractivity contribution in [2.45, 2.75) is 33.2 Å². The van der Waals surface area contributed by atoms with E-state index in [0.717, 1.165) is 19.4 Å². The lowest BCUT2D eigenvalue weighted by atomic mass is 10.1. The van der Waals surface area contributed by atoms with Crippen LogP contribution in [0.5, 0.6) is 0 Å². The van der Waals surface area contributed by atoms with Crippen molar-refractivity contribution in [1.29, 1.82) is 0 Å². The Balaban J connectivity index is 1.36. The summed E-state index contributed by atoms with van der Waals surface area (Å²) in [4.78, 5) is 31.8. The maximum absolute atomic E-state index is 5.99. The second-order valence-corrected chi connectivity index (χ2v) is 10.8. The molecule has 4 heterocycles. The van der Waals surface area contributed by atoms with Gasteiger partial charge in [-0.05, 0) is 60.2 Å². The van der Waals surface area contributed by atoms with Gasteiger partial charge in [0.15, 0.2) is 0 Å². The molecule has 37 heavy (non-hydrogen) atoms. The molecule has 0 aliphatic heterocycles. The van der Waals surface area contributed by atoms with Crippen molar-refractivity contribution in [2.75, 3.05) is 59.5 Å². The quantitative estimate of drug-likeness (QED) is 0.219. The minimum absolute atomic E-state index is 0.112. The molecule has 0 saturated heterocycles. The van der Waals surface area contributed by atoms with E-state index in [1.165, 1.54) is 26.4 Å². The van der Waals surface area contributed by atoms with Crippen molar-refractivity contribution < 1.29 is 0 Å². The third kappa shape index (κ3) is 6.71. The number of hydrogen-bond acceptors (Lipinski definition) is 14. The highest BCUT2D eigenvalue weighted by molar-refractivity contribution is 7.10. The lowest BCUT2D eigenvalue weighted by Gasteiger charge is -2.18. The number of nitrogens with one attached hydrogen (secondary N) is 1. The van der Waals surface area contributed by atoms with Crippen LogP contribution in [-0.4, -0.2) is 57.1 Å². The predicted octanol–water partition coefficient (Wildman–Crippen LogP) is 2.51. The highest BCUT2D eigenvalue weighted by Crippen LogP contribution is 2.25. The van der Waals surface area contributed by atoms with E-state index in [1.54, 1.807) is 22.7 Å². The second kappa shape index (κ2) is 11.5. The number of nitrogen functional groups attached to an aromatic ring is 3. The molecular weight excluding hydrogens is 508 g/mol. The minimum atomic E-state index is 0.112. The maximum atomic E-state index is 5.99. The van der Waals surface area contributed by atoms with Gasteiger partial charge in [0.2, 0.25) is 35.7 Å². The second-order valence-electron chi connectivity index (χ2n) is 8.68. The summed E-state index contributed by atoms with van der Waals surface area (Å²) in [5.74, 6) is 1.88. The van der Waals surface area contributed by atoms with Gasteiger partial charge in [0, 0.05) is 36.9 Å². The summed E-state index contributed by atoms with van der Waals surface area (Å²) in [5, 5.41) is 7.57. The first-order valence-electron chi connectivity index (χ1n) is 11.7. The van der Waals surface area contributed by atoms with Crippen LogP contribution in [0.4, 0.5) is 35.7 Å². The topological polar surface area (TPSA) is 174 Å². The number of anilines is 6. The van der Waals surface area contributed by atoms with Crippen LogP contribution in [-0.2, 0) is 19.4 Å². The molecule has 4 aromatic heterocycles. The summed E-state index contributed by atoms with van der Waals surface area (Å²) < 4.78 is 0. The molecule has 0 aromatic carbocycles. The Morgan fingerprint density at radius 2 is 1.49 bits per heavy atom. The third-order valence-corrected chi connectivity index (χ3v) is 7.98. The lowest BCUT2D eigenvalue weighted by Crippen LogP contribution is -2.24. The zero-order chi connectivity index (χ0) is 26.5. The fourth-order valence-electron chi connectivity index (χ4n) is 3.75. The van der Waals surface area contributed by atoms with E-state index >= 15 is 0 Å². The number of thiophene rings is 2. The first-order chi connectivity index (χ1) is 17.7. The molecule has 196 valence electrons. The molecule has 12 nitrogen and oxygen atoms in total. The van der Waals surface area contributed by atoms with Crippen molar-refractivity contribution in [3.8, 4) is 0 Å². The van der Waals surface area contributed by atoms with Crippen LogP contribution in [0.25, 0.3) is 0 Å². The molecule has 0 aliphatic carbocycles. The lowest BCUT2D eigenvalue weighted by molar-refractivity contribution is 0.828. The Morgan fingerprint density at radius 3 is 2.16 bits per heavy atom. The molecule has 0 bridgehead atoms. The molecule has 0 saturated carbocycles. The average Bonchev–Trinajstić information content (AvgIpc) is 3.41. The first kappa shape index (κ1) is 26.3. The molecule has 0 unspecified atom stereocenters. The molecule has 4 rings (SSSR count). The van der Waals surface area contributed by atoms with Gasteiger partial charge >= 0.3 is 0 Å². The van der Waals surface area contributed by atoms with Crippen LogP contribution in [0.3, 0.4) is 0 Å². The van der Waals surface area contributed by atoms with Crippen molar-refractivity contribution in [3.63, 3.8) is 0 Å². The Kier molecular flexibility index (Phi) is 8.18. The summed E-state index contributed by atoms with van der Waals surface area (Å²) >= 11 is 3.47. The number of likely N-dealkylation sites (N-methyl/N-ethyl adjacent to an activating group) is 1. The van der Waals surface area contributed by atoms with Gasteiger partial charge in [-0.15, -0.1) is 22.7 Å². The van der Waals surface area contributed by atoms with Crippen LogP contribution in [0.1, 0.15) is 26.4 Å². The Morgan fingerprint density at radius 1 is 0.811 bits per heavy atom. The number of nitrogens with zero attached hydrogens (tertiary/aromatic N) is 8. The predicted molar refractivity (Wildman–Crippen MR) is 152 cm³/mol. The van der Waals surface area contributed by atoms with Gasteiger partial charge in [-0.25, -0.2) is 0 Å². The molecule has 0 fully saturated rings. The molecule has 0 amide bonds. The van der Waals surface area contributed by atoms with E-state index in [9.17, 15) is 0 Å². The van der Waals surface area contributed by atoms with E-state index in [1.807, 2.05) is 23.9 Å². The van der Waals surface area contributed by atoms with Crippen LogP contribution in [0.15, 0.2) is 16.8 Å². The zero-order valence-corrected chi connectivity index (χ0v) is 23.0. The SMILES string of the molecule is Cc1sccc1CCNc1nc(N)nc(N(C)Cc2scc(CCN(C)c3nc(N)nc(N)n3)c2C)n1. The fourth-order valence-corrected chi connectivity index (χ4v) is 5.67. The van der Waals surface area contributed by atoms with E-state index in [0.29, 0.717) is 30.9 Å². The molecule has 0 aliphatic rings. The molecule has 4 aromatic rings. The smallest absolute Gasteiger partial charge is 0.232 e. The molecule has 0 spiro atoms. The number of aromatic nitrogens is 6. The summed E-state index contributed by atoms with van der Waals surface area (Å²) in [6.07, 6.45) is 1.72. The Labute approximate surface area is 224 Å². The number of rotatable bonds is 11. The van der Waals surface area contributed by atoms with Crippen LogP contribution < -0.4 is 32.3 Å². The minimum Gasteiger partial charge on any atom is -0.368 e. The van der Waals surface area contributed by atoms with Gasteiger partial charge in [0.05, 0.1) is 6.54 Å². The van der Waals surface area contributed by atoms with Gasteiger partial charge in [0.25, 0.3) is 0 Å². The van der Waals surface area contributed by atoms with Crippen LogP contribution in [0.2, 0.25) is 0 Å². The van der Waals surface area contributed by atoms with Gasteiger partial charge in [-0.3, -0.25) is 0 Å². The van der Waals surface area contributed by atoms with Gasteiger partial charge < -0.3 is 32.3 Å². The normalized spacial score (nSPS) is 11.0. The third-order valence-electron chi connectivity index (χ3n) is 5.97. The molecule has 0 radical (unpaired) electrons. The number of nitrogens with two attached hydrogens (primary N) is 3. The Hall–Kier alpha value is -3.78. The highest BCUT2D eigenvalue weighted by Gasteiger charge is 2.15. The average molecular weight is 541 g/mol. The monoisotopic (exact) mass is 540 g/mol. The van der Waals surface area contributed by atoms with E-state index in [2.05, 4.69) is 65.9 Å². The zero-order valence-electron chi connectivity index (χ0n) is 21.4. The standard InChI is InChI=1S/C23H32N12S2/c1-13-16(6-9-34(3)22-30-18(24)28-19(25)31-22)12-37-17(13)11-35(4)23-32-20(26)29-21(33-23)27-8-5-15-7-10-36-14(15)2/h7,10,12H,5-6,8-9,11H2,1-4H3,(H4,24,25,28,30,31)(H3,26,27,29,32,33). The fraction of sp³-hybridized carbons (Fsp3) is 0.391. The molecule has 0 atom stereocenters. The van der Waals surface area contributed by atoms with Gasteiger partial charge in [-0.1, -0.05) is 0 Å². The maximum Gasteiger partial charge on any atom is 0.232 e.